The third kappa shape index (κ3) is 5.14. The van der Waals surface area contributed by atoms with Crippen molar-refractivity contribution in [2.45, 2.75) is 26.1 Å². The molecule has 1 heterocycles. The fourth-order valence-electron chi connectivity index (χ4n) is 1.76. The van der Waals surface area contributed by atoms with E-state index in [0.717, 1.165) is 0 Å². The molecule has 0 aromatic carbocycles. The predicted molar refractivity (Wildman–Crippen MR) is 65.9 cm³/mol. The molecule has 2 unspecified atom stereocenters. The van der Waals surface area contributed by atoms with E-state index in [4.69, 9.17) is 19.3 Å². The first-order valence-electron chi connectivity index (χ1n) is 6.38. The second kappa shape index (κ2) is 8.08. The fraction of sp³-hybridized carbons (Fsp3) is 0.833. The summed E-state index contributed by atoms with van der Waals surface area (Å²) in [6.07, 6.45) is -1.55. The fourth-order valence-corrected chi connectivity index (χ4v) is 1.76. The van der Waals surface area contributed by atoms with Gasteiger partial charge in [0.2, 0.25) is 0 Å². The van der Waals surface area contributed by atoms with Crippen molar-refractivity contribution in [1.82, 2.24) is 4.90 Å². The number of aliphatic carboxylic acids is 1. The van der Waals surface area contributed by atoms with Crippen LogP contribution in [-0.2, 0) is 23.8 Å². The molecule has 1 aliphatic heterocycles. The van der Waals surface area contributed by atoms with E-state index in [-0.39, 0.29) is 19.1 Å². The van der Waals surface area contributed by atoms with Crippen molar-refractivity contribution in [1.29, 1.82) is 0 Å². The van der Waals surface area contributed by atoms with Gasteiger partial charge in [0.1, 0.15) is 6.10 Å². The Morgan fingerprint density at radius 3 is 2.84 bits per heavy atom. The van der Waals surface area contributed by atoms with Crippen molar-refractivity contribution in [2.24, 2.45) is 0 Å². The monoisotopic (exact) mass is 275 g/mol. The molecule has 0 aromatic rings. The summed E-state index contributed by atoms with van der Waals surface area (Å²) >= 11 is 0. The normalized spacial score (nSPS) is 21.2. The number of rotatable bonds is 7. The van der Waals surface area contributed by atoms with Gasteiger partial charge < -0.3 is 24.2 Å². The Kier molecular flexibility index (Phi) is 6.75. The van der Waals surface area contributed by atoms with Crippen molar-refractivity contribution in [3.05, 3.63) is 0 Å². The molecule has 0 radical (unpaired) electrons. The zero-order chi connectivity index (χ0) is 14.3. The zero-order valence-electron chi connectivity index (χ0n) is 11.3. The van der Waals surface area contributed by atoms with Gasteiger partial charge in [-0.3, -0.25) is 4.79 Å². The second-order valence-corrected chi connectivity index (χ2v) is 4.19. The van der Waals surface area contributed by atoms with Crippen molar-refractivity contribution in [3.8, 4) is 0 Å². The Balaban J connectivity index is 2.36. The first kappa shape index (κ1) is 15.9. The number of hydrogen-bond donors (Lipinski definition) is 1. The van der Waals surface area contributed by atoms with Gasteiger partial charge in [0.05, 0.1) is 26.4 Å². The Labute approximate surface area is 112 Å². The van der Waals surface area contributed by atoms with Crippen LogP contribution in [0.25, 0.3) is 0 Å². The lowest BCUT2D eigenvalue weighted by Crippen LogP contribution is -2.51. The molecule has 0 saturated carbocycles. The molecule has 110 valence electrons. The molecule has 1 aliphatic rings. The van der Waals surface area contributed by atoms with E-state index in [1.165, 1.54) is 4.90 Å². The van der Waals surface area contributed by atoms with Gasteiger partial charge in [-0.1, -0.05) is 0 Å². The lowest BCUT2D eigenvalue weighted by Gasteiger charge is -2.32. The smallest absolute Gasteiger partial charge is 0.334 e. The molecule has 1 N–H and O–H groups in total. The maximum atomic E-state index is 12.0. The van der Waals surface area contributed by atoms with Crippen molar-refractivity contribution in [3.63, 3.8) is 0 Å². The zero-order valence-corrected chi connectivity index (χ0v) is 11.3. The topological polar surface area (TPSA) is 85.3 Å². The van der Waals surface area contributed by atoms with E-state index in [2.05, 4.69) is 0 Å². The van der Waals surface area contributed by atoms with Crippen molar-refractivity contribution in [2.75, 3.05) is 39.5 Å². The largest absolute Gasteiger partial charge is 0.479 e. The second-order valence-electron chi connectivity index (χ2n) is 4.19. The maximum absolute atomic E-state index is 12.0. The first-order valence-corrected chi connectivity index (χ1v) is 6.38. The van der Waals surface area contributed by atoms with Gasteiger partial charge in [-0.2, -0.15) is 0 Å². The summed E-state index contributed by atoms with van der Waals surface area (Å²) in [5.41, 5.74) is 0. The van der Waals surface area contributed by atoms with Gasteiger partial charge in [-0.15, -0.1) is 0 Å². The highest BCUT2D eigenvalue weighted by molar-refractivity contribution is 5.82. The molecule has 0 bridgehead atoms. The van der Waals surface area contributed by atoms with E-state index in [9.17, 15) is 9.59 Å². The minimum Gasteiger partial charge on any atom is -0.479 e. The average Bonchev–Trinajstić information content (AvgIpc) is 2.42. The summed E-state index contributed by atoms with van der Waals surface area (Å²) in [4.78, 5) is 24.3. The number of morpholine rings is 1. The van der Waals surface area contributed by atoms with Crippen molar-refractivity contribution < 1.29 is 28.9 Å². The van der Waals surface area contributed by atoms with Crippen LogP contribution in [0.1, 0.15) is 13.8 Å². The molecule has 19 heavy (non-hydrogen) atoms. The van der Waals surface area contributed by atoms with Crippen LogP contribution < -0.4 is 0 Å². The lowest BCUT2D eigenvalue weighted by molar-refractivity contribution is -0.163. The molecule has 0 spiro atoms. The van der Waals surface area contributed by atoms with E-state index in [1.54, 1.807) is 6.92 Å². The molecular weight excluding hydrogens is 254 g/mol. The first-order chi connectivity index (χ1) is 9.06. The number of hydrogen-bond acceptors (Lipinski definition) is 5. The van der Waals surface area contributed by atoms with Gasteiger partial charge in [0.15, 0.2) is 6.10 Å². The van der Waals surface area contributed by atoms with Gasteiger partial charge in [-0.05, 0) is 13.8 Å². The molecule has 0 aromatic heterocycles. The molecule has 1 saturated heterocycles. The number of amides is 1. The van der Waals surface area contributed by atoms with Crippen molar-refractivity contribution >= 4 is 11.9 Å². The number of ether oxygens (including phenoxy) is 3. The third-order valence-corrected chi connectivity index (χ3v) is 2.80. The number of carbonyl (C=O) groups is 2. The Hall–Kier alpha value is -1.18. The van der Waals surface area contributed by atoms with Crippen LogP contribution in [0.3, 0.4) is 0 Å². The maximum Gasteiger partial charge on any atom is 0.334 e. The van der Waals surface area contributed by atoms with Crippen LogP contribution in [-0.4, -0.2) is 73.6 Å². The summed E-state index contributed by atoms with van der Waals surface area (Å²) in [6.45, 7) is 5.61. The van der Waals surface area contributed by atoms with E-state index in [0.29, 0.717) is 26.4 Å². The van der Waals surface area contributed by atoms with Gasteiger partial charge in [-0.25, -0.2) is 4.79 Å². The van der Waals surface area contributed by atoms with Gasteiger partial charge in [0.25, 0.3) is 5.91 Å². The molecule has 1 fully saturated rings. The van der Waals surface area contributed by atoms with Crippen LogP contribution in [0.15, 0.2) is 0 Å². The number of carbonyl (C=O) groups excluding carboxylic acids is 1. The Bertz CT molecular complexity index is 309. The minimum atomic E-state index is -1.05. The van der Waals surface area contributed by atoms with Crippen LogP contribution in [0.2, 0.25) is 0 Å². The van der Waals surface area contributed by atoms with Crippen LogP contribution in [0, 0.1) is 0 Å². The predicted octanol–water partition coefficient (Wildman–Crippen LogP) is -0.260. The summed E-state index contributed by atoms with van der Waals surface area (Å²) in [7, 11) is 0. The molecular formula is C12H21NO6. The number of carboxylic acid groups (broad SMARTS) is 1. The average molecular weight is 275 g/mol. The molecule has 7 heteroatoms. The summed E-state index contributed by atoms with van der Waals surface area (Å²) in [6, 6.07) is 0. The molecule has 7 nitrogen and oxygen atoms in total. The summed E-state index contributed by atoms with van der Waals surface area (Å²) in [5, 5.41) is 8.87. The summed E-state index contributed by atoms with van der Waals surface area (Å²) in [5.74, 6) is -1.27. The third-order valence-electron chi connectivity index (χ3n) is 2.80. The summed E-state index contributed by atoms with van der Waals surface area (Å²) < 4.78 is 15.5. The SMILES string of the molecule is CCOCCOC(C)C(=O)N1CCOC(C(=O)O)C1. The highest BCUT2D eigenvalue weighted by Crippen LogP contribution is 2.08. The highest BCUT2D eigenvalue weighted by atomic mass is 16.5. The number of carboxylic acids is 1. The highest BCUT2D eigenvalue weighted by Gasteiger charge is 2.31. The van der Waals surface area contributed by atoms with Gasteiger partial charge in [0, 0.05) is 13.2 Å². The Morgan fingerprint density at radius 1 is 1.47 bits per heavy atom. The quantitative estimate of drug-likeness (QED) is 0.644. The lowest BCUT2D eigenvalue weighted by atomic mass is 10.2. The molecule has 1 rings (SSSR count). The van der Waals surface area contributed by atoms with Crippen LogP contribution in [0.4, 0.5) is 0 Å². The van der Waals surface area contributed by atoms with Crippen LogP contribution >= 0.6 is 0 Å². The molecule has 2 atom stereocenters. The van der Waals surface area contributed by atoms with E-state index in [1.807, 2.05) is 6.92 Å². The van der Waals surface area contributed by atoms with E-state index < -0.39 is 18.2 Å². The number of nitrogens with zero attached hydrogens (tertiary/aromatic N) is 1. The Morgan fingerprint density at radius 2 is 2.21 bits per heavy atom. The molecule has 1 amide bonds. The van der Waals surface area contributed by atoms with Crippen LogP contribution in [0.5, 0.6) is 0 Å². The minimum absolute atomic E-state index is 0.0628. The van der Waals surface area contributed by atoms with Gasteiger partial charge >= 0.3 is 5.97 Å². The van der Waals surface area contributed by atoms with E-state index >= 15 is 0 Å². The molecule has 0 aliphatic carbocycles. The standard InChI is InChI=1S/C12H21NO6/c1-3-17-6-7-18-9(2)11(14)13-4-5-19-10(8-13)12(15)16/h9-10H,3-8H2,1-2H3,(H,15,16).